The molecular weight excluding hydrogens is 669 g/mol. The van der Waals surface area contributed by atoms with Crippen LogP contribution in [0.2, 0.25) is 0 Å². The second-order valence-electron chi connectivity index (χ2n) is 13.3. The molecule has 0 saturated heterocycles. The fourth-order valence-corrected chi connectivity index (χ4v) is 9.01. The Morgan fingerprint density at radius 2 is 0.849 bits per heavy atom. The van der Waals surface area contributed by atoms with Gasteiger partial charge in [-0.1, -0.05) is 84.9 Å². The van der Waals surface area contributed by atoms with E-state index >= 15 is 0 Å². The van der Waals surface area contributed by atoms with Crippen LogP contribution in [0.5, 0.6) is 0 Å². The van der Waals surface area contributed by atoms with Crippen molar-refractivity contribution in [3.05, 3.63) is 182 Å². The first-order valence-corrected chi connectivity index (χ1v) is 18.6. The first-order chi connectivity index (χ1) is 26.3. The number of furan rings is 2. The number of para-hydroxylation sites is 4. The molecule has 4 nitrogen and oxygen atoms in total. The molecule has 8 aromatic carbocycles. The molecule has 0 saturated carbocycles. The maximum atomic E-state index is 6.43. The highest BCUT2D eigenvalue weighted by atomic mass is 32.1. The molecule has 3 aromatic heterocycles. The summed E-state index contributed by atoms with van der Waals surface area (Å²) in [4.78, 5) is 4.69. The number of thiophene rings is 1. The van der Waals surface area contributed by atoms with Crippen LogP contribution in [-0.2, 0) is 0 Å². The molecule has 11 rings (SSSR count). The summed E-state index contributed by atoms with van der Waals surface area (Å²) >= 11 is 1.83. The number of rotatable bonds is 6. The predicted molar refractivity (Wildman–Crippen MR) is 223 cm³/mol. The second-order valence-corrected chi connectivity index (χ2v) is 14.4. The zero-order chi connectivity index (χ0) is 34.9. The van der Waals surface area contributed by atoms with E-state index in [-0.39, 0.29) is 0 Å². The Kier molecular flexibility index (Phi) is 6.69. The van der Waals surface area contributed by atoms with Gasteiger partial charge >= 0.3 is 0 Å². The summed E-state index contributed by atoms with van der Waals surface area (Å²) in [6.45, 7) is 0. The molecule has 0 fully saturated rings. The van der Waals surface area contributed by atoms with E-state index in [0.717, 1.165) is 78.0 Å². The number of hydrogen-bond acceptors (Lipinski definition) is 5. The summed E-state index contributed by atoms with van der Waals surface area (Å²) in [6, 6.07) is 64.3. The van der Waals surface area contributed by atoms with Crippen LogP contribution in [0.1, 0.15) is 0 Å². The fourth-order valence-electron chi connectivity index (χ4n) is 7.82. The average Bonchev–Trinajstić information content (AvgIpc) is 3.90. The van der Waals surface area contributed by atoms with Gasteiger partial charge in [-0.25, -0.2) is 0 Å². The van der Waals surface area contributed by atoms with Crippen molar-refractivity contribution in [1.82, 2.24) is 0 Å². The molecule has 250 valence electrons. The largest absolute Gasteiger partial charge is 0.456 e. The van der Waals surface area contributed by atoms with E-state index in [2.05, 4.69) is 168 Å². The smallest absolute Gasteiger partial charge is 0.137 e. The lowest BCUT2D eigenvalue weighted by Gasteiger charge is -2.26. The number of hydrogen-bond donors (Lipinski definition) is 0. The maximum Gasteiger partial charge on any atom is 0.137 e. The molecule has 0 aliphatic rings. The van der Waals surface area contributed by atoms with Crippen molar-refractivity contribution in [2.45, 2.75) is 0 Å². The lowest BCUT2D eigenvalue weighted by molar-refractivity contribution is 0.668. The Balaban J connectivity index is 1.13. The summed E-state index contributed by atoms with van der Waals surface area (Å²) in [7, 11) is 0. The molecule has 53 heavy (non-hydrogen) atoms. The van der Waals surface area contributed by atoms with Gasteiger partial charge in [-0.3, -0.25) is 0 Å². The van der Waals surface area contributed by atoms with Crippen molar-refractivity contribution in [2.24, 2.45) is 0 Å². The molecule has 0 radical (unpaired) electrons. The van der Waals surface area contributed by atoms with Crippen LogP contribution in [0.3, 0.4) is 0 Å². The first kappa shape index (κ1) is 29.9. The van der Waals surface area contributed by atoms with Gasteiger partial charge in [0.15, 0.2) is 0 Å². The van der Waals surface area contributed by atoms with Gasteiger partial charge in [0.1, 0.15) is 22.3 Å². The third-order valence-electron chi connectivity index (χ3n) is 10.2. The molecule has 0 spiro atoms. The van der Waals surface area contributed by atoms with Crippen molar-refractivity contribution < 1.29 is 8.83 Å². The van der Waals surface area contributed by atoms with Crippen molar-refractivity contribution >= 4 is 110 Å². The zero-order valence-corrected chi connectivity index (χ0v) is 29.3. The fraction of sp³-hybridized carbons (Fsp3) is 0. The third kappa shape index (κ3) is 4.82. The lowest BCUT2D eigenvalue weighted by Crippen LogP contribution is -2.10. The molecule has 0 atom stereocenters. The Bertz CT molecular complexity index is 3100. The van der Waals surface area contributed by atoms with E-state index in [1.807, 2.05) is 35.6 Å². The quantitative estimate of drug-likeness (QED) is 0.173. The molecule has 0 unspecified atom stereocenters. The van der Waals surface area contributed by atoms with Crippen LogP contribution in [0.15, 0.2) is 191 Å². The highest BCUT2D eigenvalue weighted by Crippen LogP contribution is 2.48. The molecule has 3 heterocycles. The molecule has 0 bridgehead atoms. The maximum absolute atomic E-state index is 6.43. The average molecular weight is 699 g/mol. The molecule has 0 N–H and O–H groups in total. The molecule has 5 heteroatoms. The number of fused-ring (bicyclic) bond motifs is 9. The lowest BCUT2D eigenvalue weighted by atomic mass is 10.1. The van der Waals surface area contributed by atoms with Gasteiger partial charge in [0.25, 0.3) is 0 Å². The summed E-state index contributed by atoms with van der Waals surface area (Å²) in [6.07, 6.45) is 0. The Labute approximate surface area is 308 Å². The van der Waals surface area contributed by atoms with Crippen LogP contribution in [-0.4, -0.2) is 0 Å². The molecule has 11 aromatic rings. The van der Waals surface area contributed by atoms with Gasteiger partial charge in [-0.15, -0.1) is 11.3 Å². The molecular formula is C48H30N2O2S. The summed E-state index contributed by atoms with van der Waals surface area (Å²) < 4.78 is 15.1. The van der Waals surface area contributed by atoms with Crippen molar-refractivity contribution in [1.29, 1.82) is 0 Å². The minimum absolute atomic E-state index is 0.860. The van der Waals surface area contributed by atoms with E-state index in [1.54, 1.807) is 0 Å². The minimum Gasteiger partial charge on any atom is -0.456 e. The third-order valence-corrected chi connectivity index (χ3v) is 11.4. The SMILES string of the molecule is c1ccc(N(c2ccccc2)c2ccc3sc4c(N(c5ccc6c(c5)oc5ccccc56)c5ccc6oc7ccccc7c6c5)cccc4c3c2)cc1. The van der Waals surface area contributed by atoms with Crippen LogP contribution in [0, 0.1) is 0 Å². The number of benzene rings is 8. The van der Waals surface area contributed by atoms with E-state index in [9.17, 15) is 0 Å². The summed E-state index contributed by atoms with van der Waals surface area (Å²) in [5, 5.41) is 6.86. The Morgan fingerprint density at radius 3 is 1.60 bits per heavy atom. The highest BCUT2D eigenvalue weighted by molar-refractivity contribution is 7.26. The van der Waals surface area contributed by atoms with Crippen molar-refractivity contribution in [3.63, 3.8) is 0 Å². The first-order valence-electron chi connectivity index (χ1n) is 17.8. The molecule has 0 aliphatic heterocycles. The van der Waals surface area contributed by atoms with Gasteiger partial charge in [-0.2, -0.15) is 0 Å². The van der Waals surface area contributed by atoms with Crippen LogP contribution < -0.4 is 9.80 Å². The van der Waals surface area contributed by atoms with Gasteiger partial charge < -0.3 is 18.6 Å². The van der Waals surface area contributed by atoms with E-state index < -0.39 is 0 Å². The second kappa shape index (κ2) is 11.9. The van der Waals surface area contributed by atoms with Gasteiger partial charge in [0, 0.05) is 71.5 Å². The normalized spacial score (nSPS) is 11.8. The van der Waals surface area contributed by atoms with E-state index in [4.69, 9.17) is 8.83 Å². The van der Waals surface area contributed by atoms with Crippen LogP contribution in [0.4, 0.5) is 34.1 Å². The highest BCUT2D eigenvalue weighted by Gasteiger charge is 2.22. The van der Waals surface area contributed by atoms with E-state index in [1.165, 1.54) is 20.2 Å². The summed E-state index contributed by atoms with van der Waals surface area (Å²) in [5.74, 6) is 0. The standard InChI is InChI=1S/C48H30N2O2S/c1-3-12-31(13-4-1)49(32-14-5-2-6-15-32)33-24-27-47-41(29-33)39-18-11-19-42(48(39)53-47)50(34-23-26-45-40(28-34)37-17-8-10-21-44(37)51-45)35-22-25-38-36-16-7-9-20-43(36)52-46(38)30-35/h1-30H. The Morgan fingerprint density at radius 1 is 0.321 bits per heavy atom. The minimum atomic E-state index is 0.860. The number of anilines is 6. The van der Waals surface area contributed by atoms with Gasteiger partial charge in [0.05, 0.1) is 10.4 Å². The number of nitrogens with zero attached hydrogens (tertiary/aromatic N) is 2. The van der Waals surface area contributed by atoms with Gasteiger partial charge in [0.2, 0.25) is 0 Å². The predicted octanol–water partition coefficient (Wildman–Crippen LogP) is 14.8. The van der Waals surface area contributed by atoms with Crippen LogP contribution >= 0.6 is 11.3 Å². The summed E-state index contributed by atoms with van der Waals surface area (Å²) in [5.41, 5.74) is 10.0. The topological polar surface area (TPSA) is 32.8 Å². The zero-order valence-electron chi connectivity index (χ0n) is 28.4. The molecule has 0 aliphatic carbocycles. The van der Waals surface area contributed by atoms with Gasteiger partial charge in [-0.05, 0) is 91.0 Å². The van der Waals surface area contributed by atoms with Crippen molar-refractivity contribution in [2.75, 3.05) is 9.80 Å². The molecule has 0 amide bonds. The monoisotopic (exact) mass is 698 g/mol. The van der Waals surface area contributed by atoms with E-state index in [0.29, 0.717) is 0 Å². The van der Waals surface area contributed by atoms with Crippen molar-refractivity contribution in [3.8, 4) is 0 Å². The van der Waals surface area contributed by atoms with Crippen LogP contribution in [0.25, 0.3) is 64.0 Å². The Hall–Kier alpha value is -6.82.